The quantitative estimate of drug-likeness (QED) is 0.656. The second kappa shape index (κ2) is 5.43. The van der Waals surface area contributed by atoms with Crippen LogP contribution >= 0.6 is 0 Å². The van der Waals surface area contributed by atoms with Gasteiger partial charge in [-0.15, -0.1) is 0 Å². The number of rotatable bonds is 3. The highest BCUT2D eigenvalue weighted by Crippen LogP contribution is 2.33. The molecular formula is C13H16N4O3. The van der Waals surface area contributed by atoms with Crippen LogP contribution in [0.25, 0.3) is 0 Å². The molecule has 3 atom stereocenters. The van der Waals surface area contributed by atoms with E-state index in [1.807, 2.05) is 13.0 Å². The van der Waals surface area contributed by atoms with Crippen LogP contribution in [0.3, 0.4) is 0 Å². The van der Waals surface area contributed by atoms with Crippen molar-refractivity contribution in [3.05, 3.63) is 34.1 Å². The monoisotopic (exact) mass is 276 g/mol. The summed E-state index contributed by atoms with van der Waals surface area (Å²) >= 11 is 0. The minimum atomic E-state index is -0.800. The summed E-state index contributed by atoms with van der Waals surface area (Å²) in [5.41, 5.74) is 5.39. The fourth-order valence-electron chi connectivity index (χ4n) is 2.50. The summed E-state index contributed by atoms with van der Waals surface area (Å²) in [6, 6.07) is 3.86. The van der Waals surface area contributed by atoms with Crippen molar-refractivity contribution in [1.29, 1.82) is 5.26 Å². The van der Waals surface area contributed by atoms with Gasteiger partial charge in [0.15, 0.2) is 0 Å². The lowest BCUT2D eigenvalue weighted by atomic mass is 9.80. The Morgan fingerprint density at radius 3 is 3.10 bits per heavy atom. The third kappa shape index (κ3) is 3.03. The average Bonchev–Trinajstić information content (AvgIpc) is 2.42. The van der Waals surface area contributed by atoms with Crippen molar-refractivity contribution in [2.75, 3.05) is 0 Å². The van der Waals surface area contributed by atoms with Gasteiger partial charge < -0.3 is 10.5 Å². The predicted molar refractivity (Wildman–Crippen MR) is 70.6 cm³/mol. The highest BCUT2D eigenvalue weighted by atomic mass is 16.6. The van der Waals surface area contributed by atoms with Crippen LogP contribution in [-0.2, 0) is 0 Å². The van der Waals surface area contributed by atoms with Crippen molar-refractivity contribution < 1.29 is 9.66 Å². The van der Waals surface area contributed by atoms with Gasteiger partial charge in [-0.1, -0.05) is 0 Å². The van der Waals surface area contributed by atoms with E-state index in [4.69, 9.17) is 15.7 Å². The summed E-state index contributed by atoms with van der Waals surface area (Å²) < 4.78 is 5.86. The molecule has 1 heterocycles. The number of aromatic nitrogens is 1. The molecule has 7 heteroatoms. The second-order valence-corrected chi connectivity index (χ2v) is 5.30. The standard InChI is InChI=1S/C13H16N4O3/c1-13(4-2-11(15)12(7-13)17(18)19)20-10-3-5-16-9(6-10)8-14/h3,5-6,11-12H,2,4,7,15H2,1H3. The van der Waals surface area contributed by atoms with Crippen LogP contribution in [0.15, 0.2) is 18.3 Å². The van der Waals surface area contributed by atoms with Crippen LogP contribution in [-0.4, -0.2) is 27.6 Å². The van der Waals surface area contributed by atoms with E-state index in [1.165, 1.54) is 12.3 Å². The van der Waals surface area contributed by atoms with E-state index in [1.54, 1.807) is 6.07 Å². The van der Waals surface area contributed by atoms with Crippen LogP contribution in [0.4, 0.5) is 0 Å². The molecule has 106 valence electrons. The first-order chi connectivity index (χ1) is 9.43. The van der Waals surface area contributed by atoms with E-state index in [0.29, 0.717) is 18.6 Å². The summed E-state index contributed by atoms with van der Waals surface area (Å²) in [4.78, 5) is 14.5. The van der Waals surface area contributed by atoms with Gasteiger partial charge in [0.1, 0.15) is 23.1 Å². The fraction of sp³-hybridized carbons (Fsp3) is 0.538. The molecule has 0 aliphatic heterocycles. The van der Waals surface area contributed by atoms with E-state index in [9.17, 15) is 10.1 Å². The summed E-state index contributed by atoms with van der Waals surface area (Å²) in [7, 11) is 0. The van der Waals surface area contributed by atoms with Crippen molar-refractivity contribution in [3.8, 4) is 11.8 Å². The number of nitro groups is 1. The molecule has 3 unspecified atom stereocenters. The third-order valence-corrected chi connectivity index (χ3v) is 3.62. The topological polar surface area (TPSA) is 115 Å². The first-order valence-electron chi connectivity index (χ1n) is 6.38. The van der Waals surface area contributed by atoms with E-state index in [-0.39, 0.29) is 17.0 Å². The molecule has 1 aromatic rings. The Morgan fingerprint density at radius 2 is 2.45 bits per heavy atom. The van der Waals surface area contributed by atoms with Crippen molar-refractivity contribution >= 4 is 0 Å². The molecule has 1 aliphatic rings. The number of nitrogens with zero attached hydrogens (tertiary/aromatic N) is 3. The summed E-state index contributed by atoms with van der Waals surface area (Å²) in [5, 5.41) is 19.8. The molecule has 1 aliphatic carbocycles. The van der Waals surface area contributed by atoms with Crippen molar-refractivity contribution in [2.24, 2.45) is 5.73 Å². The smallest absolute Gasteiger partial charge is 0.231 e. The largest absolute Gasteiger partial charge is 0.487 e. The molecule has 2 rings (SSSR count). The van der Waals surface area contributed by atoms with Gasteiger partial charge in [-0.2, -0.15) is 5.26 Å². The first kappa shape index (κ1) is 14.2. The SMILES string of the molecule is CC1(Oc2ccnc(C#N)c2)CCC(N)C([N+](=O)[O-])C1. The average molecular weight is 276 g/mol. The van der Waals surface area contributed by atoms with Gasteiger partial charge >= 0.3 is 0 Å². The van der Waals surface area contributed by atoms with Gasteiger partial charge in [-0.05, 0) is 25.8 Å². The lowest BCUT2D eigenvalue weighted by molar-refractivity contribution is -0.532. The number of ether oxygens (including phenoxy) is 1. The number of hydrogen-bond acceptors (Lipinski definition) is 6. The highest BCUT2D eigenvalue weighted by molar-refractivity contribution is 5.30. The van der Waals surface area contributed by atoms with Gasteiger partial charge in [0.2, 0.25) is 6.04 Å². The van der Waals surface area contributed by atoms with E-state index in [2.05, 4.69) is 4.98 Å². The Balaban J connectivity index is 2.15. The van der Waals surface area contributed by atoms with Gasteiger partial charge in [-0.3, -0.25) is 10.1 Å². The fourth-order valence-corrected chi connectivity index (χ4v) is 2.50. The molecule has 7 nitrogen and oxygen atoms in total. The van der Waals surface area contributed by atoms with Gasteiger partial charge in [0.25, 0.3) is 0 Å². The lowest BCUT2D eigenvalue weighted by Crippen LogP contribution is -2.52. The molecule has 2 N–H and O–H groups in total. The third-order valence-electron chi connectivity index (χ3n) is 3.62. The van der Waals surface area contributed by atoms with Crippen LogP contribution in [0.2, 0.25) is 0 Å². The normalized spacial score (nSPS) is 29.4. The van der Waals surface area contributed by atoms with Crippen molar-refractivity contribution in [2.45, 2.75) is 43.9 Å². The Kier molecular flexibility index (Phi) is 3.86. The molecule has 0 aromatic carbocycles. The van der Waals surface area contributed by atoms with Crippen LogP contribution in [0.1, 0.15) is 31.9 Å². The van der Waals surface area contributed by atoms with Crippen molar-refractivity contribution in [3.63, 3.8) is 0 Å². The predicted octanol–water partition coefficient (Wildman–Crippen LogP) is 1.25. The number of hydrogen-bond donors (Lipinski definition) is 1. The second-order valence-electron chi connectivity index (χ2n) is 5.30. The molecular weight excluding hydrogens is 260 g/mol. The molecule has 0 spiro atoms. The zero-order valence-electron chi connectivity index (χ0n) is 11.2. The van der Waals surface area contributed by atoms with E-state index >= 15 is 0 Å². The molecule has 20 heavy (non-hydrogen) atoms. The Morgan fingerprint density at radius 1 is 1.70 bits per heavy atom. The first-order valence-corrected chi connectivity index (χ1v) is 6.38. The van der Waals surface area contributed by atoms with Gasteiger partial charge in [0, 0.05) is 17.2 Å². The van der Waals surface area contributed by atoms with Crippen LogP contribution in [0, 0.1) is 21.4 Å². The van der Waals surface area contributed by atoms with Gasteiger partial charge in [0.05, 0.1) is 12.5 Å². The Hall–Kier alpha value is -2.20. The molecule has 1 saturated carbocycles. The van der Waals surface area contributed by atoms with Gasteiger partial charge in [-0.25, -0.2) is 4.98 Å². The van der Waals surface area contributed by atoms with Crippen LogP contribution in [0.5, 0.6) is 5.75 Å². The number of nitriles is 1. The Labute approximate surface area is 116 Å². The molecule has 0 radical (unpaired) electrons. The minimum absolute atomic E-state index is 0.254. The maximum absolute atomic E-state index is 11.0. The molecule has 0 bridgehead atoms. The summed E-state index contributed by atoms with van der Waals surface area (Å²) in [6.07, 6.45) is 2.92. The van der Waals surface area contributed by atoms with E-state index < -0.39 is 17.7 Å². The zero-order chi connectivity index (χ0) is 14.8. The molecule has 1 fully saturated rings. The Bertz CT molecular complexity index is 557. The lowest BCUT2D eigenvalue weighted by Gasteiger charge is -2.37. The van der Waals surface area contributed by atoms with Crippen LogP contribution < -0.4 is 10.5 Å². The number of pyridine rings is 1. The highest BCUT2D eigenvalue weighted by Gasteiger charge is 2.44. The maximum Gasteiger partial charge on any atom is 0.231 e. The summed E-state index contributed by atoms with van der Waals surface area (Å²) in [6.45, 7) is 1.84. The maximum atomic E-state index is 11.0. The van der Waals surface area contributed by atoms with E-state index in [0.717, 1.165) is 0 Å². The minimum Gasteiger partial charge on any atom is -0.487 e. The van der Waals surface area contributed by atoms with Crippen molar-refractivity contribution in [1.82, 2.24) is 4.98 Å². The summed E-state index contributed by atoms with van der Waals surface area (Å²) in [5.74, 6) is 0.497. The molecule has 0 saturated heterocycles. The molecule has 1 aromatic heterocycles. The zero-order valence-corrected chi connectivity index (χ0v) is 11.2. The number of nitrogens with two attached hydrogens (primary N) is 1. The molecule has 0 amide bonds.